The Balaban J connectivity index is 2.51. The van der Waals surface area contributed by atoms with Crippen molar-refractivity contribution >= 4 is 11.9 Å². The van der Waals surface area contributed by atoms with Crippen molar-refractivity contribution in [2.45, 2.75) is 32.2 Å². The average molecular weight is 243 g/mol. The van der Waals surface area contributed by atoms with Crippen LogP contribution in [-0.2, 0) is 19.1 Å². The maximum atomic E-state index is 11.6. The van der Waals surface area contributed by atoms with Crippen LogP contribution >= 0.6 is 0 Å². The van der Waals surface area contributed by atoms with Gasteiger partial charge in [-0.2, -0.15) is 0 Å². The molecule has 96 valence electrons. The standard InChI is InChI=1S/C11H17NO5/c1-2-3-4-8(11(14)15)12-10(13)9-7-16-5-6-17-9/h7-8H,2-6H2,1H3,(H,12,13)(H,14,15). The number of nitrogens with one attached hydrogen (secondary N) is 1. The van der Waals surface area contributed by atoms with E-state index in [0.29, 0.717) is 19.6 Å². The molecule has 0 fully saturated rings. The van der Waals surface area contributed by atoms with E-state index in [-0.39, 0.29) is 5.76 Å². The maximum absolute atomic E-state index is 11.6. The molecule has 0 spiro atoms. The lowest BCUT2D eigenvalue weighted by molar-refractivity contribution is -0.142. The number of rotatable bonds is 6. The Morgan fingerprint density at radius 3 is 2.82 bits per heavy atom. The van der Waals surface area contributed by atoms with Gasteiger partial charge in [0.1, 0.15) is 25.5 Å². The number of hydrogen-bond donors (Lipinski definition) is 2. The van der Waals surface area contributed by atoms with Crippen LogP contribution in [0.1, 0.15) is 26.2 Å². The van der Waals surface area contributed by atoms with Crippen molar-refractivity contribution in [1.29, 1.82) is 0 Å². The molecule has 2 N–H and O–H groups in total. The first-order valence-corrected chi connectivity index (χ1v) is 5.63. The second kappa shape index (κ2) is 6.78. The van der Waals surface area contributed by atoms with E-state index in [1.807, 2.05) is 6.92 Å². The number of ether oxygens (including phenoxy) is 2. The number of carboxylic acids is 1. The van der Waals surface area contributed by atoms with E-state index in [1.54, 1.807) is 0 Å². The summed E-state index contributed by atoms with van der Waals surface area (Å²) in [6.45, 7) is 2.66. The van der Waals surface area contributed by atoms with Crippen LogP contribution in [0.5, 0.6) is 0 Å². The second-order valence-corrected chi connectivity index (χ2v) is 3.71. The molecule has 0 aliphatic carbocycles. The molecule has 1 aliphatic rings. The van der Waals surface area contributed by atoms with Gasteiger partial charge in [-0.1, -0.05) is 19.8 Å². The van der Waals surface area contributed by atoms with Gasteiger partial charge in [0.15, 0.2) is 0 Å². The van der Waals surface area contributed by atoms with Gasteiger partial charge >= 0.3 is 5.97 Å². The van der Waals surface area contributed by atoms with Crippen molar-refractivity contribution in [2.24, 2.45) is 0 Å². The fraction of sp³-hybridized carbons (Fsp3) is 0.636. The largest absolute Gasteiger partial charge is 0.494 e. The van der Waals surface area contributed by atoms with E-state index < -0.39 is 17.9 Å². The van der Waals surface area contributed by atoms with Crippen LogP contribution in [0.4, 0.5) is 0 Å². The minimum atomic E-state index is -1.04. The van der Waals surface area contributed by atoms with E-state index in [1.165, 1.54) is 6.26 Å². The molecule has 17 heavy (non-hydrogen) atoms. The molecule has 1 rings (SSSR count). The second-order valence-electron chi connectivity index (χ2n) is 3.71. The molecule has 1 aliphatic heterocycles. The molecule has 1 unspecified atom stereocenters. The normalized spacial score (nSPS) is 16.2. The minimum Gasteiger partial charge on any atom is -0.494 e. The van der Waals surface area contributed by atoms with Crippen molar-refractivity contribution in [3.63, 3.8) is 0 Å². The highest BCUT2D eigenvalue weighted by molar-refractivity contribution is 5.94. The summed E-state index contributed by atoms with van der Waals surface area (Å²) in [7, 11) is 0. The summed E-state index contributed by atoms with van der Waals surface area (Å²) in [6, 6.07) is -0.881. The molecule has 0 aromatic heterocycles. The molecule has 6 nitrogen and oxygen atoms in total. The zero-order valence-corrected chi connectivity index (χ0v) is 9.77. The third-order valence-corrected chi connectivity index (χ3v) is 2.32. The molecule has 1 amide bonds. The molecular formula is C11H17NO5. The first-order valence-electron chi connectivity index (χ1n) is 5.63. The van der Waals surface area contributed by atoms with Crippen LogP contribution < -0.4 is 5.32 Å². The van der Waals surface area contributed by atoms with E-state index in [0.717, 1.165) is 12.8 Å². The number of carbonyl (C=O) groups excluding carboxylic acids is 1. The van der Waals surface area contributed by atoms with Crippen LogP contribution in [0.2, 0.25) is 0 Å². The summed E-state index contributed by atoms with van der Waals surface area (Å²) in [4.78, 5) is 22.5. The highest BCUT2D eigenvalue weighted by atomic mass is 16.6. The lowest BCUT2D eigenvalue weighted by atomic mass is 10.1. The third-order valence-electron chi connectivity index (χ3n) is 2.32. The molecule has 1 atom stereocenters. The minimum absolute atomic E-state index is 0.0269. The molecule has 1 heterocycles. The average Bonchev–Trinajstić information content (AvgIpc) is 2.35. The van der Waals surface area contributed by atoms with E-state index in [9.17, 15) is 9.59 Å². The Hall–Kier alpha value is -1.72. The summed E-state index contributed by atoms with van der Waals surface area (Å²) in [5.74, 6) is -1.56. The number of carboxylic acid groups (broad SMARTS) is 1. The third kappa shape index (κ3) is 4.34. The summed E-state index contributed by atoms with van der Waals surface area (Å²) >= 11 is 0. The molecule has 6 heteroatoms. The number of unbranched alkanes of at least 4 members (excludes halogenated alkanes) is 1. The van der Waals surface area contributed by atoms with Gasteiger partial charge in [0, 0.05) is 0 Å². The summed E-state index contributed by atoms with van der Waals surface area (Å²) in [5, 5.41) is 11.4. The molecule has 0 bridgehead atoms. The predicted octanol–water partition coefficient (Wildman–Crippen LogP) is 0.634. The predicted molar refractivity (Wildman–Crippen MR) is 59.1 cm³/mol. The fourth-order valence-electron chi connectivity index (χ4n) is 1.38. The molecular weight excluding hydrogens is 226 g/mol. The topological polar surface area (TPSA) is 84.9 Å². The summed E-state index contributed by atoms with van der Waals surface area (Å²) < 4.78 is 9.99. The van der Waals surface area contributed by atoms with Crippen LogP contribution in [0.15, 0.2) is 12.0 Å². The molecule has 0 aromatic rings. The van der Waals surface area contributed by atoms with Crippen molar-refractivity contribution in [2.75, 3.05) is 13.2 Å². The summed E-state index contributed by atoms with van der Waals surface area (Å²) in [5.41, 5.74) is 0. The molecule has 0 saturated heterocycles. The number of aliphatic carboxylic acids is 1. The van der Waals surface area contributed by atoms with Crippen molar-refractivity contribution < 1.29 is 24.2 Å². The van der Waals surface area contributed by atoms with Gasteiger partial charge in [-0.3, -0.25) is 4.79 Å². The van der Waals surface area contributed by atoms with Gasteiger partial charge < -0.3 is 19.9 Å². The number of hydrogen-bond acceptors (Lipinski definition) is 4. The monoisotopic (exact) mass is 243 g/mol. The first kappa shape index (κ1) is 13.3. The first-order chi connectivity index (χ1) is 8.15. The van der Waals surface area contributed by atoms with Crippen LogP contribution in [-0.4, -0.2) is 36.2 Å². The molecule has 0 saturated carbocycles. The van der Waals surface area contributed by atoms with Gasteiger partial charge in [0.25, 0.3) is 5.91 Å². The maximum Gasteiger partial charge on any atom is 0.326 e. The zero-order valence-electron chi connectivity index (χ0n) is 9.77. The molecule has 0 aromatic carbocycles. The lowest BCUT2D eigenvalue weighted by Gasteiger charge is -2.18. The van der Waals surface area contributed by atoms with E-state index in [2.05, 4.69) is 5.32 Å². The fourth-order valence-corrected chi connectivity index (χ4v) is 1.38. The Labute approximate surface area is 99.6 Å². The lowest BCUT2D eigenvalue weighted by Crippen LogP contribution is -2.42. The Kier molecular flexibility index (Phi) is 5.32. The van der Waals surface area contributed by atoms with Crippen LogP contribution in [0.25, 0.3) is 0 Å². The summed E-state index contributed by atoms with van der Waals surface area (Å²) in [6.07, 6.45) is 3.24. The Morgan fingerprint density at radius 2 is 2.29 bits per heavy atom. The van der Waals surface area contributed by atoms with Crippen molar-refractivity contribution in [3.8, 4) is 0 Å². The van der Waals surface area contributed by atoms with Crippen molar-refractivity contribution in [3.05, 3.63) is 12.0 Å². The van der Waals surface area contributed by atoms with E-state index in [4.69, 9.17) is 14.6 Å². The van der Waals surface area contributed by atoms with Crippen molar-refractivity contribution in [1.82, 2.24) is 5.32 Å². The highest BCUT2D eigenvalue weighted by Gasteiger charge is 2.23. The Bertz CT molecular complexity index is 313. The van der Waals surface area contributed by atoms with Crippen LogP contribution in [0.3, 0.4) is 0 Å². The van der Waals surface area contributed by atoms with Gasteiger partial charge in [-0.15, -0.1) is 0 Å². The Morgan fingerprint density at radius 1 is 1.53 bits per heavy atom. The van der Waals surface area contributed by atoms with E-state index >= 15 is 0 Å². The zero-order chi connectivity index (χ0) is 12.7. The number of amides is 1. The molecule has 0 radical (unpaired) electrons. The van der Waals surface area contributed by atoms with Gasteiger partial charge in [-0.05, 0) is 6.42 Å². The van der Waals surface area contributed by atoms with Gasteiger partial charge in [-0.25, -0.2) is 4.79 Å². The highest BCUT2D eigenvalue weighted by Crippen LogP contribution is 2.06. The van der Waals surface area contributed by atoms with Crippen LogP contribution in [0, 0.1) is 0 Å². The quantitative estimate of drug-likeness (QED) is 0.715. The van der Waals surface area contributed by atoms with Gasteiger partial charge in [0.05, 0.1) is 0 Å². The number of carbonyl (C=O) groups is 2. The smallest absolute Gasteiger partial charge is 0.326 e. The van der Waals surface area contributed by atoms with Gasteiger partial charge in [0.2, 0.25) is 5.76 Å². The SMILES string of the molecule is CCCCC(NC(=O)C1=COCCO1)C(=O)O.